The van der Waals surface area contributed by atoms with Crippen LogP contribution in [0.1, 0.15) is 29.1 Å². The molecule has 120 valence electrons. The lowest BCUT2D eigenvalue weighted by Crippen LogP contribution is -2.29. The molecular formula is C18H17N5O. The molecule has 3 N–H and O–H groups in total. The Kier molecular flexibility index (Phi) is 4.47. The minimum Gasteiger partial charge on any atom is -0.382 e. The molecule has 1 atom stereocenters. The highest BCUT2D eigenvalue weighted by atomic mass is 16.2. The van der Waals surface area contributed by atoms with E-state index in [-0.39, 0.29) is 23.5 Å². The molecule has 0 spiro atoms. The van der Waals surface area contributed by atoms with E-state index in [0.29, 0.717) is 5.69 Å². The fraction of sp³-hybridized carbons (Fsp3) is 0.111. The van der Waals surface area contributed by atoms with Crippen molar-refractivity contribution in [2.24, 2.45) is 0 Å². The molecule has 2 heterocycles. The number of hydrogen-bond donors (Lipinski definition) is 2. The molecule has 2 aromatic heterocycles. The monoisotopic (exact) mass is 319 g/mol. The first-order chi connectivity index (χ1) is 11.6. The third-order valence-electron chi connectivity index (χ3n) is 3.56. The molecule has 0 fully saturated rings. The Morgan fingerprint density at radius 3 is 2.50 bits per heavy atom. The van der Waals surface area contributed by atoms with E-state index in [9.17, 15) is 4.79 Å². The molecule has 3 aromatic rings. The van der Waals surface area contributed by atoms with Crippen LogP contribution in [-0.4, -0.2) is 20.9 Å². The number of hydrogen-bond acceptors (Lipinski definition) is 5. The molecule has 6 nitrogen and oxygen atoms in total. The number of nitrogens with zero attached hydrogens (tertiary/aromatic N) is 3. The van der Waals surface area contributed by atoms with Crippen LogP contribution in [0.3, 0.4) is 0 Å². The third-order valence-corrected chi connectivity index (χ3v) is 3.56. The largest absolute Gasteiger partial charge is 0.382 e. The lowest BCUT2D eigenvalue weighted by Gasteiger charge is -2.13. The van der Waals surface area contributed by atoms with E-state index < -0.39 is 0 Å². The third kappa shape index (κ3) is 3.38. The summed E-state index contributed by atoms with van der Waals surface area (Å²) in [5.41, 5.74) is 8.32. The lowest BCUT2D eigenvalue weighted by atomic mass is 10.1. The number of nitrogen functional groups attached to an aromatic ring is 1. The Hall–Kier alpha value is -3.28. The van der Waals surface area contributed by atoms with Crippen molar-refractivity contribution in [3.05, 3.63) is 72.3 Å². The number of benzene rings is 1. The van der Waals surface area contributed by atoms with Gasteiger partial charge in [-0.15, -0.1) is 0 Å². The first-order valence-corrected chi connectivity index (χ1v) is 7.55. The van der Waals surface area contributed by atoms with Crippen LogP contribution in [0.15, 0.2) is 60.9 Å². The van der Waals surface area contributed by atoms with Crippen LogP contribution in [0.4, 0.5) is 5.82 Å². The Morgan fingerprint density at radius 1 is 1.08 bits per heavy atom. The van der Waals surface area contributed by atoms with Gasteiger partial charge in [0.25, 0.3) is 5.91 Å². The molecule has 0 aliphatic heterocycles. The van der Waals surface area contributed by atoms with E-state index in [1.54, 1.807) is 12.4 Å². The molecule has 1 aromatic carbocycles. The summed E-state index contributed by atoms with van der Waals surface area (Å²) in [6, 6.07) is 14.8. The summed E-state index contributed by atoms with van der Waals surface area (Å²) in [5.74, 6) is -0.278. The second-order valence-electron chi connectivity index (χ2n) is 5.30. The number of nitrogens with two attached hydrogens (primary N) is 1. The number of carbonyl (C=O) groups is 1. The molecule has 0 radical (unpaired) electrons. The summed E-state index contributed by atoms with van der Waals surface area (Å²) in [6.07, 6.45) is 3.23. The first-order valence-electron chi connectivity index (χ1n) is 7.55. The van der Waals surface area contributed by atoms with Gasteiger partial charge in [-0.25, -0.2) is 9.97 Å². The maximum absolute atomic E-state index is 12.4. The van der Waals surface area contributed by atoms with Crippen LogP contribution in [0.2, 0.25) is 0 Å². The maximum Gasteiger partial charge on any atom is 0.274 e. The van der Waals surface area contributed by atoms with Crippen molar-refractivity contribution >= 4 is 11.7 Å². The minimum absolute atomic E-state index is 0.0991. The van der Waals surface area contributed by atoms with Crippen molar-refractivity contribution in [3.8, 4) is 11.3 Å². The van der Waals surface area contributed by atoms with Crippen molar-refractivity contribution < 1.29 is 4.79 Å². The van der Waals surface area contributed by atoms with Crippen LogP contribution in [0.25, 0.3) is 11.3 Å². The van der Waals surface area contributed by atoms with Crippen molar-refractivity contribution in [3.63, 3.8) is 0 Å². The van der Waals surface area contributed by atoms with Crippen molar-refractivity contribution in [2.75, 3.05) is 5.73 Å². The van der Waals surface area contributed by atoms with Gasteiger partial charge in [-0.05, 0) is 19.1 Å². The van der Waals surface area contributed by atoms with Crippen molar-refractivity contribution in [2.45, 2.75) is 13.0 Å². The SMILES string of the molecule is C[C@@H](NC(=O)c1ncc(-c2ccccc2)nc1N)c1ccccn1. The fourth-order valence-electron chi connectivity index (χ4n) is 2.30. The smallest absolute Gasteiger partial charge is 0.274 e. The van der Waals surface area contributed by atoms with E-state index in [1.165, 1.54) is 0 Å². The summed E-state index contributed by atoms with van der Waals surface area (Å²) in [5, 5.41) is 2.83. The lowest BCUT2D eigenvalue weighted by molar-refractivity contribution is 0.0935. The highest BCUT2D eigenvalue weighted by Gasteiger charge is 2.17. The molecule has 1 amide bonds. The number of anilines is 1. The van der Waals surface area contributed by atoms with Gasteiger partial charge in [0.2, 0.25) is 0 Å². The fourth-order valence-corrected chi connectivity index (χ4v) is 2.30. The Labute approximate surface area is 139 Å². The standard InChI is InChI=1S/C18H17N5O/c1-12(14-9-5-6-10-20-14)22-18(24)16-17(19)23-15(11-21-16)13-7-3-2-4-8-13/h2-12H,1H3,(H2,19,23)(H,22,24)/t12-/m1/s1. The molecule has 0 aliphatic rings. The van der Waals surface area contributed by atoms with Crippen LogP contribution < -0.4 is 11.1 Å². The molecule has 0 bridgehead atoms. The Morgan fingerprint density at radius 2 is 1.83 bits per heavy atom. The van der Waals surface area contributed by atoms with Gasteiger partial charge in [0.05, 0.1) is 23.6 Å². The van der Waals surface area contributed by atoms with Gasteiger partial charge in [-0.2, -0.15) is 0 Å². The molecule has 24 heavy (non-hydrogen) atoms. The minimum atomic E-state index is -0.377. The quantitative estimate of drug-likeness (QED) is 0.771. The second kappa shape index (κ2) is 6.87. The van der Waals surface area contributed by atoms with Crippen LogP contribution in [-0.2, 0) is 0 Å². The number of nitrogens with one attached hydrogen (secondary N) is 1. The average molecular weight is 319 g/mol. The van der Waals surface area contributed by atoms with Gasteiger partial charge >= 0.3 is 0 Å². The first kappa shape index (κ1) is 15.6. The summed E-state index contributed by atoms with van der Waals surface area (Å²) in [7, 11) is 0. The zero-order valence-electron chi connectivity index (χ0n) is 13.2. The predicted molar refractivity (Wildman–Crippen MR) is 92.0 cm³/mol. The molecule has 3 rings (SSSR count). The Bertz CT molecular complexity index is 837. The van der Waals surface area contributed by atoms with E-state index in [4.69, 9.17) is 5.73 Å². The topological polar surface area (TPSA) is 93.8 Å². The number of aromatic nitrogens is 3. The highest BCUT2D eigenvalue weighted by molar-refractivity contribution is 5.96. The Balaban J connectivity index is 1.78. The van der Waals surface area contributed by atoms with Gasteiger partial charge in [0, 0.05) is 11.8 Å². The van der Waals surface area contributed by atoms with Crippen LogP contribution in [0.5, 0.6) is 0 Å². The van der Waals surface area contributed by atoms with Gasteiger partial charge in [0.1, 0.15) is 0 Å². The number of amides is 1. The van der Waals surface area contributed by atoms with Crippen LogP contribution in [0, 0.1) is 0 Å². The zero-order valence-corrected chi connectivity index (χ0v) is 13.2. The number of rotatable bonds is 4. The molecule has 0 saturated heterocycles. The van der Waals surface area contributed by atoms with E-state index in [1.807, 2.05) is 55.5 Å². The zero-order chi connectivity index (χ0) is 16.9. The normalized spacial score (nSPS) is 11.7. The van der Waals surface area contributed by atoms with E-state index in [0.717, 1.165) is 11.3 Å². The van der Waals surface area contributed by atoms with Crippen LogP contribution >= 0.6 is 0 Å². The number of carbonyl (C=O) groups excluding carboxylic acids is 1. The molecule has 0 unspecified atom stereocenters. The average Bonchev–Trinajstić information content (AvgIpc) is 2.63. The van der Waals surface area contributed by atoms with Crippen molar-refractivity contribution in [1.82, 2.24) is 20.3 Å². The second-order valence-corrected chi connectivity index (χ2v) is 5.30. The maximum atomic E-state index is 12.4. The van der Waals surface area contributed by atoms with Gasteiger partial charge in [0.15, 0.2) is 11.5 Å². The summed E-state index contributed by atoms with van der Waals surface area (Å²) in [4.78, 5) is 25.1. The van der Waals surface area contributed by atoms with Gasteiger partial charge < -0.3 is 11.1 Å². The molecule has 0 aliphatic carbocycles. The molecule has 6 heteroatoms. The van der Waals surface area contributed by atoms with Crippen molar-refractivity contribution in [1.29, 1.82) is 0 Å². The van der Waals surface area contributed by atoms with E-state index >= 15 is 0 Å². The highest BCUT2D eigenvalue weighted by Crippen LogP contribution is 2.18. The van der Waals surface area contributed by atoms with Gasteiger partial charge in [-0.3, -0.25) is 9.78 Å². The summed E-state index contributed by atoms with van der Waals surface area (Å²) < 4.78 is 0. The van der Waals surface area contributed by atoms with E-state index in [2.05, 4.69) is 20.3 Å². The predicted octanol–water partition coefficient (Wildman–Crippen LogP) is 2.61. The molecule has 0 saturated carbocycles. The summed E-state index contributed by atoms with van der Waals surface area (Å²) in [6.45, 7) is 1.85. The number of pyridine rings is 1. The molecular weight excluding hydrogens is 302 g/mol. The summed E-state index contributed by atoms with van der Waals surface area (Å²) >= 11 is 0. The van der Waals surface area contributed by atoms with Gasteiger partial charge in [-0.1, -0.05) is 36.4 Å².